The van der Waals surface area contributed by atoms with Crippen LogP contribution in [0.1, 0.15) is 11.1 Å². The Hall–Kier alpha value is -0.860. The molecule has 0 amide bonds. The van der Waals surface area contributed by atoms with Crippen molar-refractivity contribution in [1.29, 1.82) is 0 Å². The largest absolute Gasteiger partial charge is 0.383 e. The topological polar surface area (TPSA) is 35.2 Å². The first-order valence-electron chi connectivity index (χ1n) is 4.58. The van der Waals surface area contributed by atoms with E-state index in [9.17, 15) is 0 Å². The summed E-state index contributed by atoms with van der Waals surface area (Å²) >= 11 is 0. The standard InChI is InChI=1S/C11H15NO/c1-13-8-11(12)6-9-4-2-3-5-10(9)7-11/h2-5H,6-8,12H2,1H3. The van der Waals surface area contributed by atoms with Crippen LogP contribution in [0, 0.1) is 0 Å². The molecule has 0 unspecified atom stereocenters. The van der Waals surface area contributed by atoms with Gasteiger partial charge in [0.25, 0.3) is 0 Å². The summed E-state index contributed by atoms with van der Waals surface area (Å²) in [4.78, 5) is 0. The molecule has 70 valence electrons. The first kappa shape index (κ1) is 8.73. The van der Waals surface area contributed by atoms with E-state index in [1.165, 1.54) is 11.1 Å². The fourth-order valence-corrected chi connectivity index (χ4v) is 2.11. The third-order valence-electron chi connectivity index (χ3n) is 2.64. The summed E-state index contributed by atoms with van der Waals surface area (Å²) in [6.07, 6.45) is 1.88. The van der Waals surface area contributed by atoms with Crippen LogP contribution in [0.5, 0.6) is 0 Å². The number of hydrogen-bond acceptors (Lipinski definition) is 2. The minimum atomic E-state index is -0.168. The van der Waals surface area contributed by atoms with Gasteiger partial charge in [0.15, 0.2) is 0 Å². The van der Waals surface area contributed by atoms with Gasteiger partial charge in [0.05, 0.1) is 6.61 Å². The zero-order valence-corrected chi connectivity index (χ0v) is 7.92. The minimum Gasteiger partial charge on any atom is -0.383 e. The second-order valence-corrected chi connectivity index (χ2v) is 3.92. The quantitative estimate of drug-likeness (QED) is 0.735. The summed E-state index contributed by atoms with van der Waals surface area (Å²) in [5.41, 5.74) is 8.78. The van der Waals surface area contributed by atoms with E-state index in [2.05, 4.69) is 24.3 Å². The van der Waals surface area contributed by atoms with Crippen molar-refractivity contribution in [3.05, 3.63) is 35.4 Å². The van der Waals surface area contributed by atoms with Crippen molar-refractivity contribution in [3.8, 4) is 0 Å². The second kappa shape index (κ2) is 3.13. The lowest BCUT2D eigenvalue weighted by Crippen LogP contribution is -2.45. The maximum absolute atomic E-state index is 6.19. The normalized spacial score (nSPS) is 18.6. The highest BCUT2D eigenvalue weighted by molar-refractivity contribution is 5.36. The van der Waals surface area contributed by atoms with Crippen LogP contribution in [0.3, 0.4) is 0 Å². The summed E-state index contributed by atoms with van der Waals surface area (Å²) in [5, 5.41) is 0. The molecule has 0 heterocycles. The van der Waals surface area contributed by atoms with E-state index in [0.717, 1.165) is 12.8 Å². The Balaban J connectivity index is 2.21. The first-order valence-corrected chi connectivity index (χ1v) is 4.58. The molecular formula is C11H15NO. The van der Waals surface area contributed by atoms with E-state index < -0.39 is 0 Å². The highest BCUT2D eigenvalue weighted by atomic mass is 16.5. The van der Waals surface area contributed by atoms with Gasteiger partial charge in [-0.2, -0.15) is 0 Å². The van der Waals surface area contributed by atoms with E-state index in [4.69, 9.17) is 10.5 Å². The number of ether oxygens (including phenoxy) is 1. The zero-order valence-electron chi connectivity index (χ0n) is 7.92. The van der Waals surface area contributed by atoms with Gasteiger partial charge in [0.1, 0.15) is 0 Å². The van der Waals surface area contributed by atoms with Crippen LogP contribution >= 0.6 is 0 Å². The molecule has 0 radical (unpaired) electrons. The summed E-state index contributed by atoms with van der Waals surface area (Å²) in [5.74, 6) is 0. The van der Waals surface area contributed by atoms with Crippen LogP contribution in [0.15, 0.2) is 24.3 Å². The molecule has 2 heteroatoms. The van der Waals surface area contributed by atoms with Crippen LogP contribution in [0.4, 0.5) is 0 Å². The van der Waals surface area contributed by atoms with Crippen LogP contribution in [-0.2, 0) is 17.6 Å². The maximum Gasteiger partial charge on any atom is 0.0648 e. The van der Waals surface area contributed by atoms with E-state index in [-0.39, 0.29) is 5.54 Å². The second-order valence-electron chi connectivity index (χ2n) is 3.92. The fourth-order valence-electron chi connectivity index (χ4n) is 2.11. The van der Waals surface area contributed by atoms with E-state index in [0.29, 0.717) is 6.61 Å². The number of rotatable bonds is 2. The van der Waals surface area contributed by atoms with Crippen molar-refractivity contribution in [1.82, 2.24) is 0 Å². The Kier molecular flexibility index (Phi) is 2.10. The third-order valence-corrected chi connectivity index (χ3v) is 2.64. The van der Waals surface area contributed by atoms with Crippen molar-refractivity contribution in [3.63, 3.8) is 0 Å². The molecule has 0 fully saturated rings. The molecule has 1 aromatic carbocycles. The van der Waals surface area contributed by atoms with Crippen molar-refractivity contribution in [2.45, 2.75) is 18.4 Å². The van der Waals surface area contributed by atoms with Crippen molar-refractivity contribution in [2.75, 3.05) is 13.7 Å². The van der Waals surface area contributed by atoms with Crippen molar-refractivity contribution in [2.24, 2.45) is 5.73 Å². The smallest absolute Gasteiger partial charge is 0.0648 e. The van der Waals surface area contributed by atoms with Crippen LogP contribution < -0.4 is 5.73 Å². The molecule has 1 aliphatic rings. The summed E-state index contributed by atoms with van der Waals surface area (Å²) in [6, 6.07) is 8.44. The third kappa shape index (κ3) is 1.60. The molecule has 0 saturated heterocycles. The van der Waals surface area contributed by atoms with Gasteiger partial charge in [-0.3, -0.25) is 0 Å². The minimum absolute atomic E-state index is 0.168. The van der Waals surface area contributed by atoms with Crippen molar-refractivity contribution < 1.29 is 4.74 Å². The molecule has 0 spiro atoms. The van der Waals surface area contributed by atoms with E-state index >= 15 is 0 Å². The van der Waals surface area contributed by atoms with Gasteiger partial charge in [-0.05, 0) is 24.0 Å². The van der Waals surface area contributed by atoms with Gasteiger partial charge in [0, 0.05) is 12.6 Å². The monoisotopic (exact) mass is 177 g/mol. The van der Waals surface area contributed by atoms with Gasteiger partial charge in [-0.25, -0.2) is 0 Å². The lowest BCUT2D eigenvalue weighted by Gasteiger charge is -2.21. The molecule has 1 aromatic rings. The number of hydrogen-bond donors (Lipinski definition) is 1. The predicted octanol–water partition coefficient (Wildman–Crippen LogP) is 1.13. The Morgan fingerprint density at radius 2 is 1.85 bits per heavy atom. The number of fused-ring (bicyclic) bond motifs is 1. The Morgan fingerprint density at radius 1 is 1.31 bits per heavy atom. The molecule has 13 heavy (non-hydrogen) atoms. The van der Waals surface area contributed by atoms with E-state index in [1.807, 2.05) is 0 Å². The average Bonchev–Trinajstić information content (AvgIpc) is 2.40. The first-order chi connectivity index (χ1) is 6.23. The lowest BCUT2D eigenvalue weighted by atomic mass is 9.99. The maximum atomic E-state index is 6.19. The molecule has 2 rings (SSSR count). The number of nitrogens with two attached hydrogens (primary N) is 1. The van der Waals surface area contributed by atoms with Crippen molar-refractivity contribution >= 4 is 0 Å². The molecule has 0 saturated carbocycles. The molecule has 2 N–H and O–H groups in total. The molecule has 1 aliphatic carbocycles. The van der Waals surface area contributed by atoms with Gasteiger partial charge in [-0.1, -0.05) is 24.3 Å². The lowest BCUT2D eigenvalue weighted by molar-refractivity contribution is 0.137. The Bertz CT molecular complexity index is 284. The summed E-state index contributed by atoms with van der Waals surface area (Å²) < 4.78 is 5.13. The van der Waals surface area contributed by atoms with Gasteiger partial charge in [0.2, 0.25) is 0 Å². The average molecular weight is 177 g/mol. The number of benzene rings is 1. The summed E-state index contributed by atoms with van der Waals surface area (Å²) in [6.45, 7) is 0.641. The Labute approximate surface area is 78.7 Å². The molecule has 2 nitrogen and oxygen atoms in total. The molecule has 0 aromatic heterocycles. The molecule has 0 aliphatic heterocycles. The predicted molar refractivity (Wildman–Crippen MR) is 52.6 cm³/mol. The number of methoxy groups -OCH3 is 1. The van der Waals surface area contributed by atoms with Crippen LogP contribution in [0.2, 0.25) is 0 Å². The van der Waals surface area contributed by atoms with Crippen LogP contribution in [-0.4, -0.2) is 19.3 Å². The molecular weight excluding hydrogens is 162 g/mol. The SMILES string of the molecule is COCC1(N)Cc2ccccc2C1. The highest BCUT2D eigenvalue weighted by Crippen LogP contribution is 2.28. The van der Waals surface area contributed by atoms with E-state index in [1.54, 1.807) is 7.11 Å². The van der Waals surface area contributed by atoms with Crippen LogP contribution in [0.25, 0.3) is 0 Å². The molecule has 0 bridgehead atoms. The van der Waals surface area contributed by atoms with Gasteiger partial charge >= 0.3 is 0 Å². The van der Waals surface area contributed by atoms with Gasteiger partial charge in [-0.15, -0.1) is 0 Å². The highest BCUT2D eigenvalue weighted by Gasteiger charge is 2.32. The Morgan fingerprint density at radius 3 is 2.31 bits per heavy atom. The molecule has 0 atom stereocenters. The zero-order chi connectivity index (χ0) is 9.31. The summed E-state index contributed by atoms with van der Waals surface area (Å²) in [7, 11) is 1.71. The fraction of sp³-hybridized carbons (Fsp3) is 0.455. The van der Waals surface area contributed by atoms with Gasteiger partial charge < -0.3 is 10.5 Å².